The van der Waals surface area contributed by atoms with Crippen molar-refractivity contribution in [3.05, 3.63) is 30.1 Å². The predicted molar refractivity (Wildman–Crippen MR) is 63.7 cm³/mol. The number of hydrogen-bond acceptors (Lipinski definition) is 3. The summed E-state index contributed by atoms with van der Waals surface area (Å²) in [6, 6.07) is 5.61. The van der Waals surface area contributed by atoms with E-state index in [1.54, 1.807) is 6.07 Å². The first kappa shape index (κ1) is 12.8. The van der Waals surface area contributed by atoms with E-state index in [4.69, 9.17) is 4.74 Å². The predicted octanol–water partition coefficient (Wildman–Crippen LogP) is 1.24. The number of aliphatic hydroxyl groups is 1. The third-order valence-electron chi connectivity index (χ3n) is 3.06. The lowest BCUT2D eigenvalue weighted by atomic mass is 9.80. The summed E-state index contributed by atoms with van der Waals surface area (Å²) < 4.78 is 18.0. The molecule has 1 saturated carbocycles. The van der Waals surface area contributed by atoms with Gasteiger partial charge in [-0.2, -0.15) is 0 Å². The van der Waals surface area contributed by atoms with Crippen LogP contribution in [0.15, 0.2) is 24.3 Å². The van der Waals surface area contributed by atoms with E-state index in [9.17, 15) is 14.3 Å². The second kappa shape index (κ2) is 5.35. The molecule has 0 aliphatic heterocycles. The Morgan fingerprint density at radius 3 is 2.89 bits per heavy atom. The third kappa shape index (κ3) is 3.43. The lowest BCUT2D eigenvalue weighted by Crippen LogP contribution is -2.48. The van der Waals surface area contributed by atoms with Crippen LogP contribution in [0.2, 0.25) is 0 Å². The number of amides is 1. The molecule has 0 bridgehead atoms. The van der Waals surface area contributed by atoms with Gasteiger partial charge in [0.15, 0.2) is 6.61 Å². The number of rotatable bonds is 5. The van der Waals surface area contributed by atoms with Crippen LogP contribution in [0.25, 0.3) is 0 Å². The van der Waals surface area contributed by atoms with Gasteiger partial charge in [-0.05, 0) is 31.4 Å². The van der Waals surface area contributed by atoms with Crippen molar-refractivity contribution >= 4 is 5.91 Å². The molecule has 1 amide bonds. The average Bonchev–Trinajstić information content (AvgIpc) is 2.31. The monoisotopic (exact) mass is 253 g/mol. The standard InChI is InChI=1S/C13H16FNO3/c14-10-3-1-4-11(7-10)18-8-12(16)15-9-13(17)5-2-6-13/h1,3-4,7,17H,2,5-6,8-9H2,(H,15,16). The fourth-order valence-electron chi connectivity index (χ4n) is 1.78. The minimum atomic E-state index is -0.742. The van der Waals surface area contributed by atoms with Crippen LogP contribution in [0.5, 0.6) is 5.75 Å². The summed E-state index contributed by atoms with van der Waals surface area (Å²) in [5, 5.41) is 12.4. The highest BCUT2D eigenvalue weighted by molar-refractivity contribution is 5.77. The molecule has 0 unspecified atom stereocenters. The molecule has 0 atom stereocenters. The van der Waals surface area contributed by atoms with Gasteiger partial charge in [-0.1, -0.05) is 6.07 Å². The topological polar surface area (TPSA) is 58.6 Å². The van der Waals surface area contributed by atoms with Gasteiger partial charge < -0.3 is 15.2 Å². The summed E-state index contributed by atoms with van der Waals surface area (Å²) >= 11 is 0. The number of ether oxygens (including phenoxy) is 1. The van der Waals surface area contributed by atoms with Crippen molar-refractivity contribution in [1.29, 1.82) is 0 Å². The normalized spacial score (nSPS) is 16.8. The van der Waals surface area contributed by atoms with E-state index >= 15 is 0 Å². The molecule has 0 spiro atoms. The second-order valence-electron chi connectivity index (χ2n) is 4.60. The van der Waals surface area contributed by atoms with Gasteiger partial charge in [0.1, 0.15) is 11.6 Å². The molecule has 1 aliphatic carbocycles. The number of hydrogen-bond donors (Lipinski definition) is 2. The summed E-state index contributed by atoms with van der Waals surface area (Å²) in [6.45, 7) is 0.0673. The zero-order valence-corrected chi connectivity index (χ0v) is 9.99. The van der Waals surface area contributed by atoms with Crippen LogP contribution in [0, 0.1) is 5.82 Å². The molecule has 18 heavy (non-hydrogen) atoms. The van der Waals surface area contributed by atoms with Gasteiger partial charge >= 0.3 is 0 Å². The number of halogens is 1. The van der Waals surface area contributed by atoms with E-state index in [2.05, 4.69) is 5.32 Å². The molecule has 5 heteroatoms. The van der Waals surface area contributed by atoms with Crippen LogP contribution in [-0.2, 0) is 4.79 Å². The molecule has 4 nitrogen and oxygen atoms in total. The molecule has 98 valence electrons. The van der Waals surface area contributed by atoms with Gasteiger partial charge in [-0.3, -0.25) is 4.79 Å². The molecule has 0 heterocycles. The van der Waals surface area contributed by atoms with Crippen LogP contribution in [0.1, 0.15) is 19.3 Å². The van der Waals surface area contributed by atoms with Crippen LogP contribution >= 0.6 is 0 Å². The van der Waals surface area contributed by atoms with Crippen molar-refractivity contribution in [2.45, 2.75) is 24.9 Å². The van der Waals surface area contributed by atoms with Crippen molar-refractivity contribution < 1.29 is 19.0 Å². The summed E-state index contributed by atoms with van der Waals surface area (Å²) in [7, 11) is 0. The van der Waals surface area contributed by atoms with E-state index in [0.29, 0.717) is 5.75 Å². The first-order valence-electron chi connectivity index (χ1n) is 5.95. The van der Waals surface area contributed by atoms with Crippen molar-refractivity contribution in [1.82, 2.24) is 5.32 Å². The number of carbonyl (C=O) groups is 1. The van der Waals surface area contributed by atoms with E-state index in [0.717, 1.165) is 19.3 Å². The molecule has 2 rings (SSSR count). The highest BCUT2D eigenvalue weighted by Crippen LogP contribution is 2.30. The average molecular weight is 253 g/mol. The maximum Gasteiger partial charge on any atom is 0.258 e. The summed E-state index contributed by atoms with van der Waals surface area (Å²) in [5.41, 5.74) is -0.742. The van der Waals surface area contributed by atoms with Gasteiger partial charge in [0.25, 0.3) is 5.91 Å². The minimum Gasteiger partial charge on any atom is -0.484 e. The summed E-state index contributed by atoms with van der Waals surface area (Å²) in [6.07, 6.45) is 2.43. The highest BCUT2D eigenvalue weighted by Gasteiger charge is 2.34. The molecule has 1 aliphatic rings. The quantitative estimate of drug-likeness (QED) is 0.830. The maximum absolute atomic E-state index is 12.8. The Kier molecular flexibility index (Phi) is 3.81. The first-order chi connectivity index (χ1) is 8.57. The smallest absolute Gasteiger partial charge is 0.258 e. The zero-order chi connectivity index (χ0) is 13.0. The van der Waals surface area contributed by atoms with Gasteiger partial charge in [0, 0.05) is 12.6 Å². The van der Waals surface area contributed by atoms with Gasteiger partial charge in [-0.25, -0.2) is 4.39 Å². The highest BCUT2D eigenvalue weighted by atomic mass is 19.1. The van der Waals surface area contributed by atoms with E-state index in [-0.39, 0.29) is 19.1 Å². The molecular formula is C13H16FNO3. The van der Waals surface area contributed by atoms with Gasteiger partial charge in [0.2, 0.25) is 0 Å². The fraction of sp³-hybridized carbons (Fsp3) is 0.462. The SMILES string of the molecule is O=C(COc1cccc(F)c1)NCC1(O)CCC1. The number of benzene rings is 1. The first-order valence-corrected chi connectivity index (χ1v) is 5.95. The van der Waals surface area contributed by atoms with Crippen molar-refractivity contribution in [2.24, 2.45) is 0 Å². The van der Waals surface area contributed by atoms with E-state index < -0.39 is 11.4 Å². The van der Waals surface area contributed by atoms with E-state index in [1.165, 1.54) is 18.2 Å². The Morgan fingerprint density at radius 1 is 1.50 bits per heavy atom. The Bertz CT molecular complexity index is 432. The molecule has 0 saturated heterocycles. The third-order valence-corrected chi connectivity index (χ3v) is 3.06. The Hall–Kier alpha value is -1.62. The Labute approximate surface area is 105 Å². The maximum atomic E-state index is 12.8. The Balaban J connectivity index is 1.71. The summed E-state index contributed by atoms with van der Waals surface area (Å²) in [4.78, 5) is 11.4. The Morgan fingerprint density at radius 2 is 2.28 bits per heavy atom. The van der Waals surface area contributed by atoms with Crippen molar-refractivity contribution in [3.8, 4) is 5.75 Å². The van der Waals surface area contributed by atoms with Gasteiger partial charge in [0.05, 0.1) is 5.60 Å². The van der Waals surface area contributed by atoms with Crippen molar-refractivity contribution in [2.75, 3.05) is 13.2 Å². The zero-order valence-electron chi connectivity index (χ0n) is 9.99. The van der Waals surface area contributed by atoms with Crippen LogP contribution in [0.3, 0.4) is 0 Å². The largest absolute Gasteiger partial charge is 0.484 e. The molecule has 1 aromatic carbocycles. The molecule has 0 aromatic heterocycles. The second-order valence-corrected chi connectivity index (χ2v) is 4.60. The lowest BCUT2D eigenvalue weighted by molar-refractivity contribution is -0.125. The molecule has 2 N–H and O–H groups in total. The fourth-order valence-corrected chi connectivity index (χ4v) is 1.78. The van der Waals surface area contributed by atoms with E-state index in [1.807, 2.05) is 0 Å². The minimum absolute atomic E-state index is 0.181. The molecule has 0 radical (unpaired) electrons. The van der Waals surface area contributed by atoms with Crippen LogP contribution in [-0.4, -0.2) is 29.8 Å². The van der Waals surface area contributed by atoms with Crippen molar-refractivity contribution in [3.63, 3.8) is 0 Å². The van der Waals surface area contributed by atoms with Crippen LogP contribution in [0.4, 0.5) is 4.39 Å². The summed E-state index contributed by atoms with van der Waals surface area (Å²) in [5.74, 6) is -0.413. The lowest BCUT2D eigenvalue weighted by Gasteiger charge is -2.36. The molecular weight excluding hydrogens is 237 g/mol. The number of carbonyl (C=O) groups excluding carboxylic acids is 1. The molecule has 1 aromatic rings. The number of nitrogens with one attached hydrogen (secondary N) is 1. The van der Waals surface area contributed by atoms with Gasteiger partial charge in [-0.15, -0.1) is 0 Å². The van der Waals surface area contributed by atoms with Crippen LogP contribution < -0.4 is 10.1 Å². The molecule has 1 fully saturated rings.